The summed E-state index contributed by atoms with van der Waals surface area (Å²) in [6.45, 7) is 1.94. The number of nitrogens with zero attached hydrogens (tertiary/aromatic N) is 1. The number of hydrogen-bond acceptors (Lipinski definition) is 3. The first-order chi connectivity index (χ1) is 11.5. The molecule has 1 amide bonds. The number of benzene rings is 2. The van der Waals surface area contributed by atoms with E-state index in [0.29, 0.717) is 10.6 Å². The number of nitrogens with one attached hydrogen (secondary N) is 2. The number of amides is 1. The predicted octanol–water partition coefficient (Wildman–Crippen LogP) is 4.32. The monoisotopic (exact) mass is 355 g/mol. The zero-order chi connectivity index (χ0) is 17.1. The number of rotatable bonds is 2. The van der Waals surface area contributed by atoms with Gasteiger partial charge in [-0.25, -0.2) is 0 Å². The Morgan fingerprint density at radius 1 is 1.08 bits per heavy atom. The van der Waals surface area contributed by atoms with E-state index in [0.717, 1.165) is 22.3 Å². The van der Waals surface area contributed by atoms with Crippen LogP contribution in [0.3, 0.4) is 0 Å². The third kappa shape index (κ3) is 3.69. The summed E-state index contributed by atoms with van der Waals surface area (Å²) >= 11 is 11.1. The fourth-order valence-electron chi connectivity index (χ4n) is 2.30. The predicted molar refractivity (Wildman–Crippen MR) is 102 cm³/mol. The number of anilines is 1. The van der Waals surface area contributed by atoms with Crippen molar-refractivity contribution in [1.29, 1.82) is 0 Å². The van der Waals surface area contributed by atoms with Crippen molar-refractivity contribution in [3.8, 4) is 0 Å². The molecule has 120 valence electrons. The lowest BCUT2D eigenvalue weighted by molar-refractivity contribution is 0.0978. The number of hydrogen-bond donors (Lipinski definition) is 2. The van der Waals surface area contributed by atoms with E-state index < -0.39 is 0 Å². The van der Waals surface area contributed by atoms with Gasteiger partial charge in [-0.1, -0.05) is 17.7 Å². The highest BCUT2D eigenvalue weighted by molar-refractivity contribution is 7.80. The van der Waals surface area contributed by atoms with Gasteiger partial charge in [-0.15, -0.1) is 0 Å². The standard InChI is InChI=1S/C18H14ClN3OS/c1-11-5-10-14-15(20-11)3-2-4-16(14)21-18(24)22-17(23)12-6-8-13(19)9-7-12/h2-10H,1H3,(H2,21,22,23,24). The lowest BCUT2D eigenvalue weighted by Gasteiger charge is -2.12. The molecule has 0 aliphatic heterocycles. The maximum Gasteiger partial charge on any atom is 0.257 e. The van der Waals surface area contributed by atoms with Crippen molar-refractivity contribution in [2.45, 2.75) is 6.92 Å². The number of halogens is 1. The summed E-state index contributed by atoms with van der Waals surface area (Å²) in [7, 11) is 0. The third-order valence-corrected chi connectivity index (χ3v) is 3.91. The van der Waals surface area contributed by atoms with Crippen LogP contribution in [0.1, 0.15) is 16.1 Å². The van der Waals surface area contributed by atoms with Crippen molar-refractivity contribution in [2.24, 2.45) is 0 Å². The Balaban J connectivity index is 1.75. The van der Waals surface area contributed by atoms with E-state index in [2.05, 4.69) is 15.6 Å². The van der Waals surface area contributed by atoms with Crippen LogP contribution in [0, 0.1) is 6.92 Å². The van der Waals surface area contributed by atoms with Crippen molar-refractivity contribution in [3.05, 3.63) is 70.9 Å². The highest BCUT2D eigenvalue weighted by Crippen LogP contribution is 2.22. The molecule has 0 aliphatic rings. The Bertz CT molecular complexity index is 925. The summed E-state index contributed by atoms with van der Waals surface area (Å²) in [5.41, 5.74) is 3.09. The molecule has 1 heterocycles. The van der Waals surface area contributed by atoms with Gasteiger partial charge in [0, 0.05) is 27.4 Å². The quantitative estimate of drug-likeness (QED) is 0.672. The average molecular weight is 356 g/mol. The molecule has 0 radical (unpaired) electrons. The number of fused-ring (bicyclic) bond motifs is 1. The number of thiocarbonyl (C=S) groups is 1. The molecule has 6 heteroatoms. The minimum absolute atomic E-state index is 0.225. The van der Waals surface area contributed by atoms with Crippen LogP contribution in [0.5, 0.6) is 0 Å². The fraction of sp³-hybridized carbons (Fsp3) is 0.0556. The lowest BCUT2D eigenvalue weighted by Crippen LogP contribution is -2.34. The van der Waals surface area contributed by atoms with Crippen LogP contribution in [-0.2, 0) is 0 Å². The molecule has 4 nitrogen and oxygen atoms in total. The molecule has 2 N–H and O–H groups in total. The van der Waals surface area contributed by atoms with Gasteiger partial charge >= 0.3 is 0 Å². The SMILES string of the molecule is Cc1ccc2c(NC(=S)NC(=O)c3ccc(Cl)cc3)cccc2n1. The summed E-state index contributed by atoms with van der Waals surface area (Å²) in [6, 6.07) is 16.2. The van der Waals surface area contributed by atoms with E-state index in [1.165, 1.54) is 0 Å². The van der Waals surface area contributed by atoms with E-state index >= 15 is 0 Å². The van der Waals surface area contributed by atoms with Crippen molar-refractivity contribution in [3.63, 3.8) is 0 Å². The Kier molecular flexibility index (Phi) is 4.74. The number of aryl methyl sites for hydroxylation is 1. The second kappa shape index (κ2) is 6.95. The van der Waals surface area contributed by atoms with Crippen LogP contribution >= 0.6 is 23.8 Å². The minimum Gasteiger partial charge on any atom is -0.332 e. The van der Waals surface area contributed by atoms with Crippen LogP contribution < -0.4 is 10.6 Å². The van der Waals surface area contributed by atoms with E-state index in [-0.39, 0.29) is 11.0 Å². The maximum atomic E-state index is 12.2. The molecule has 0 fully saturated rings. The molecule has 3 aromatic rings. The largest absolute Gasteiger partial charge is 0.332 e. The van der Waals surface area contributed by atoms with Crippen molar-refractivity contribution in [2.75, 3.05) is 5.32 Å². The Morgan fingerprint density at radius 2 is 1.83 bits per heavy atom. The number of carbonyl (C=O) groups is 1. The lowest BCUT2D eigenvalue weighted by atomic mass is 10.1. The molecular weight excluding hydrogens is 342 g/mol. The van der Waals surface area contributed by atoms with Gasteiger partial charge in [0.05, 0.1) is 5.52 Å². The van der Waals surface area contributed by atoms with E-state index in [9.17, 15) is 4.79 Å². The molecule has 3 rings (SSSR count). The van der Waals surface area contributed by atoms with Crippen LogP contribution in [0.25, 0.3) is 10.9 Å². The number of aromatic nitrogens is 1. The summed E-state index contributed by atoms with van der Waals surface area (Å²) in [5.74, 6) is -0.293. The maximum absolute atomic E-state index is 12.2. The average Bonchev–Trinajstić information content (AvgIpc) is 2.55. The minimum atomic E-state index is -0.293. The Hall–Kier alpha value is -2.50. The molecule has 0 aliphatic carbocycles. The smallest absolute Gasteiger partial charge is 0.257 e. The zero-order valence-corrected chi connectivity index (χ0v) is 14.4. The zero-order valence-electron chi connectivity index (χ0n) is 12.8. The first-order valence-corrected chi connectivity index (χ1v) is 8.06. The summed E-state index contributed by atoms with van der Waals surface area (Å²) < 4.78 is 0. The molecule has 0 saturated heterocycles. The van der Waals surface area contributed by atoms with E-state index in [1.807, 2.05) is 37.3 Å². The number of carbonyl (C=O) groups excluding carboxylic acids is 1. The van der Waals surface area contributed by atoms with E-state index in [1.54, 1.807) is 24.3 Å². The molecule has 0 bridgehead atoms. The Morgan fingerprint density at radius 3 is 2.58 bits per heavy atom. The van der Waals surface area contributed by atoms with Gasteiger partial charge in [-0.2, -0.15) is 0 Å². The number of pyridine rings is 1. The molecule has 0 saturated carbocycles. The van der Waals surface area contributed by atoms with Crippen LogP contribution in [0.4, 0.5) is 5.69 Å². The van der Waals surface area contributed by atoms with Gasteiger partial charge in [-0.3, -0.25) is 15.1 Å². The molecule has 0 atom stereocenters. The van der Waals surface area contributed by atoms with Crippen LogP contribution in [0.2, 0.25) is 5.02 Å². The second-order valence-corrected chi connectivity index (χ2v) is 6.08. The van der Waals surface area contributed by atoms with Gasteiger partial charge in [0.2, 0.25) is 0 Å². The van der Waals surface area contributed by atoms with E-state index in [4.69, 9.17) is 23.8 Å². The molecule has 1 aromatic heterocycles. The molecular formula is C18H14ClN3OS. The highest BCUT2D eigenvalue weighted by Gasteiger charge is 2.09. The second-order valence-electron chi connectivity index (χ2n) is 5.24. The van der Waals surface area contributed by atoms with Gasteiger partial charge < -0.3 is 5.32 Å². The third-order valence-electron chi connectivity index (χ3n) is 3.45. The molecule has 0 spiro atoms. The first kappa shape index (κ1) is 16.4. The van der Waals surface area contributed by atoms with Gasteiger partial charge in [0.15, 0.2) is 5.11 Å². The summed E-state index contributed by atoms with van der Waals surface area (Å²) in [4.78, 5) is 16.6. The first-order valence-electron chi connectivity index (χ1n) is 7.27. The van der Waals surface area contributed by atoms with Crippen LogP contribution in [0.15, 0.2) is 54.6 Å². The van der Waals surface area contributed by atoms with Gasteiger partial charge in [0.25, 0.3) is 5.91 Å². The highest BCUT2D eigenvalue weighted by atomic mass is 35.5. The van der Waals surface area contributed by atoms with Crippen LogP contribution in [-0.4, -0.2) is 16.0 Å². The molecule has 24 heavy (non-hydrogen) atoms. The molecule has 2 aromatic carbocycles. The normalized spacial score (nSPS) is 10.4. The topological polar surface area (TPSA) is 54.0 Å². The summed E-state index contributed by atoms with van der Waals surface area (Å²) in [6.07, 6.45) is 0. The van der Waals surface area contributed by atoms with Crippen molar-refractivity contribution >= 4 is 51.4 Å². The Labute approximate surface area is 149 Å². The van der Waals surface area contributed by atoms with Gasteiger partial charge in [-0.05, 0) is 67.7 Å². The van der Waals surface area contributed by atoms with Gasteiger partial charge in [0.1, 0.15) is 0 Å². The van der Waals surface area contributed by atoms with Crippen molar-refractivity contribution < 1.29 is 4.79 Å². The fourth-order valence-corrected chi connectivity index (χ4v) is 2.62. The summed E-state index contributed by atoms with van der Waals surface area (Å²) in [5, 5.41) is 7.44. The molecule has 0 unspecified atom stereocenters. The van der Waals surface area contributed by atoms with Crippen molar-refractivity contribution in [1.82, 2.24) is 10.3 Å².